The lowest BCUT2D eigenvalue weighted by Gasteiger charge is -2.39. The maximum Gasteiger partial charge on any atom is 0.435 e. The van der Waals surface area contributed by atoms with Crippen LogP contribution in [0.1, 0.15) is 33.6 Å². The van der Waals surface area contributed by atoms with Gasteiger partial charge >= 0.3 is 18.0 Å². The molecule has 0 spiro atoms. The second kappa shape index (κ2) is 4.38. The van der Waals surface area contributed by atoms with Crippen LogP contribution in [0.2, 0.25) is 0 Å². The van der Waals surface area contributed by atoms with E-state index in [1.807, 2.05) is 0 Å². The molecule has 1 aliphatic carbocycles. The second-order valence-electron chi connectivity index (χ2n) is 5.83. The SMILES string of the molecule is CC1CC(C(F)(C(F)(F)F)C(F)(F)F)=CC(C)(C)C1. The Morgan fingerprint density at radius 3 is 1.74 bits per heavy atom. The number of halogens is 7. The molecule has 19 heavy (non-hydrogen) atoms. The molecule has 0 nitrogen and oxygen atoms in total. The van der Waals surface area contributed by atoms with Gasteiger partial charge in [0.1, 0.15) is 0 Å². The van der Waals surface area contributed by atoms with Gasteiger partial charge in [0.25, 0.3) is 0 Å². The van der Waals surface area contributed by atoms with Gasteiger partial charge in [-0.3, -0.25) is 0 Å². The standard InChI is InChI=1S/C12H15F7/c1-7-4-8(6-9(2,3)5-7)10(13,11(14,15)16)12(17,18)19/h6-7H,4-5H2,1-3H3. The number of hydrogen-bond acceptors (Lipinski definition) is 0. The van der Waals surface area contributed by atoms with E-state index in [1.165, 1.54) is 20.8 Å². The summed E-state index contributed by atoms with van der Waals surface area (Å²) in [5, 5.41) is 0. The zero-order valence-corrected chi connectivity index (χ0v) is 10.7. The summed E-state index contributed by atoms with van der Waals surface area (Å²) in [7, 11) is 0. The van der Waals surface area contributed by atoms with E-state index in [0.29, 0.717) is 6.42 Å². The first kappa shape index (κ1) is 16.3. The van der Waals surface area contributed by atoms with Gasteiger partial charge in [-0.1, -0.05) is 26.8 Å². The first-order valence-corrected chi connectivity index (χ1v) is 5.75. The third-order valence-corrected chi connectivity index (χ3v) is 3.23. The van der Waals surface area contributed by atoms with Crippen molar-refractivity contribution in [3.63, 3.8) is 0 Å². The second-order valence-corrected chi connectivity index (χ2v) is 5.83. The predicted octanol–water partition coefficient (Wildman–Crippen LogP) is 5.20. The molecule has 0 heterocycles. The average molecular weight is 292 g/mol. The third kappa shape index (κ3) is 2.89. The van der Waals surface area contributed by atoms with Gasteiger partial charge in [0.15, 0.2) is 0 Å². The summed E-state index contributed by atoms with van der Waals surface area (Å²) in [6.07, 6.45) is -11.4. The zero-order chi connectivity index (χ0) is 15.3. The summed E-state index contributed by atoms with van der Waals surface area (Å²) in [4.78, 5) is 0. The first-order chi connectivity index (χ1) is 8.21. The van der Waals surface area contributed by atoms with Gasteiger partial charge in [-0.15, -0.1) is 0 Å². The minimum absolute atomic E-state index is 0.419. The van der Waals surface area contributed by atoms with E-state index < -0.39 is 41.3 Å². The molecule has 0 aromatic heterocycles. The van der Waals surface area contributed by atoms with Gasteiger partial charge in [0.05, 0.1) is 0 Å². The molecule has 112 valence electrons. The molecule has 0 N–H and O–H groups in total. The van der Waals surface area contributed by atoms with Gasteiger partial charge in [-0.25, -0.2) is 4.39 Å². The quantitative estimate of drug-likeness (QED) is 0.460. The van der Waals surface area contributed by atoms with E-state index in [0.717, 1.165) is 6.08 Å². The van der Waals surface area contributed by atoms with Crippen LogP contribution in [-0.4, -0.2) is 18.0 Å². The molecule has 0 aliphatic heterocycles. The minimum Gasteiger partial charge on any atom is -0.219 e. The van der Waals surface area contributed by atoms with Gasteiger partial charge < -0.3 is 0 Å². The highest BCUT2D eigenvalue weighted by Gasteiger charge is 2.74. The lowest BCUT2D eigenvalue weighted by Crippen LogP contribution is -2.55. The van der Waals surface area contributed by atoms with Crippen molar-refractivity contribution in [1.82, 2.24) is 0 Å². The molecule has 0 amide bonds. The lowest BCUT2D eigenvalue weighted by atomic mass is 9.71. The number of alkyl halides is 7. The maximum atomic E-state index is 13.9. The van der Waals surface area contributed by atoms with Crippen LogP contribution in [0.15, 0.2) is 11.6 Å². The van der Waals surface area contributed by atoms with Crippen LogP contribution >= 0.6 is 0 Å². The van der Waals surface area contributed by atoms with Crippen LogP contribution < -0.4 is 0 Å². The predicted molar refractivity (Wildman–Crippen MR) is 56.2 cm³/mol. The molecule has 0 aromatic rings. The summed E-state index contributed by atoms with van der Waals surface area (Å²) in [6.45, 7) is 4.51. The van der Waals surface area contributed by atoms with Crippen molar-refractivity contribution in [3.8, 4) is 0 Å². The lowest BCUT2D eigenvalue weighted by molar-refractivity contribution is -0.327. The van der Waals surface area contributed by atoms with E-state index in [2.05, 4.69) is 0 Å². The van der Waals surface area contributed by atoms with E-state index in [4.69, 9.17) is 0 Å². The van der Waals surface area contributed by atoms with Crippen molar-refractivity contribution in [3.05, 3.63) is 11.6 Å². The van der Waals surface area contributed by atoms with Gasteiger partial charge in [0, 0.05) is 0 Å². The van der Waals surface area contributed by atoms with Gasteiger partial charge in [-0.05, 0) is 29.7 Å². The molecular weight excluding hydrogens is 277 g/mol. The third-order valence-electron chi connectivity index (χ3n) is 3.23. The monoisotopic (exact) mass is 292 g/mol. The Kier molecular flexibility index (Phi) is 3.76. The fraction of sp³-hybridized carbons (Fsp3) is 0.833. The summed E-state index contributed by atoms with van der Waals surface area (Å²) < 4.78 is 89.7. The van der Waals surface area contributed by atoms with Crippen molar-refractivity contribution in [2.24, 2.45) is 11.3 Å². The van der Waals surface area contributed by atoms with Crippen LogP contribution in [0.5, 0.6) is 0 Å². The van der Waals surface area contributed by atoms with E-state index in [1.54, 1.807) is 0 Å². The van der Waals surface area contributed by atoms with Crippen molar-refractivity contribution < 1.29 is 30.7 Å². The van der Waals surface area contributed by atoms with Crippen LogP contribution in [0, 0.1) is 11.3 Å². The summed E-state index contributed by atoms with van der Waals surface area (Å²) in [5.74, 6) is -0.435. The van der Waals surface area contributed by atoms with Crippen molar-refractivity contribution >= 4 is 0 Å². The Bertz CT molecular complexity index is 359. The number of allylic oxidation sites excluding steroid dienone is 2. The largest absolute Gasteiger partial charge is 0.435 e. The van der Waals surface area contributed by atoms with Crippen LogP contribution in [0.25, 0.3) is 0 Å². The number of hydrogen-bond donors (Lipinski definition) is 0. The topological polar surface area (TPSA) is 0 Å². The highest BCUT2D eigenvalue weighted by atomic mass is 19.4. The fourth-order valence-electron chi connectivity index (χ4n) is 2.70. The summed E-state index contributed by atoms with van der Waals surface area (Å²) >= 11 is 0. The molecule has 0 fully saturated rings. The zero-order valence-electron chi connectivity index (χ0n) is 10.7. The molecule has 7 heteroatoms. The summed E-state index contributed by atoms with van der Waals surface area (Å²) in [6, 6.07) is 0. The molecule has 0 radical (unpaired) electrons. The van der Waals surface area contributed by atoms with Crippen LogP contribution in [0.4, 0.5) is 30.7 Å². The Balaban J connectivity index is 3.40. The van der Waals surface area contributed by atoms with Gasteiger partial charge in [0.2, 0.25) is 0 Å². The van der Waals surface area contributed by atoms with Crippen LogP contribution in [0.3, 0.4) is 0 Å². The Hall–Kier alpha value is -0.750. The molecule has 1 aliphatic rings. The maximum absolute atomic E-state index is 13.9. The average Bonchev–Trinajstić information content (AvgIpc) is 2.09. The van der Waals surface area contributed by atoms with Crippen molar-refractivity contribution in [2.75, 3.05) is 0 Å². The van der Waals surface area contributed by atoms with Crippen LogP contribution in [-0.2, 0) is 0 Å². The number of rotatable bonds is 1. The molecule has 0 bridgehead atoms. The highest BCUT2D eigenvalue weighted by molar-refractivity contribution is 5.28. The fourth-order valence-corrected chi connectivity index (χ4v) is 2.70. The Labute approximate surface area is 106 Å². The molecule has 1 rings (SSSR count). The van der Waals surface area contributed by atoms with E-state index >= 15 is 0 Å². The highest BCUT2D eigenvalue weighted by Crippen LogP contribution is 2.54. The van der Waals surface area contributed by atoms with E-state index in [9.17, 15) is 30.7 Å². The molecule has 1 unspecified atom stereocenters. The molecule has 0 saturated heterocycles. The molecule has 0 saturated carbocycles. The summed E-state index contributed by atoms with van der Waals surface area (Å²) in [5.41, 5.74) is -7.37. The van der Waals surface area contributed by atoms with Crippen molar-refractivity contribution in [2.45, 2.75) is 51.6 Å². The van der Waals surface area contributed by atoms with Crippen molar-refractivity contribution in [1.29, 1.82) is 0 Å². The minimum atomic E-state index is -6.01. The van der Waals surface area contributed by atoms with E-state index in [-0.39, 0.29) is 0 Å². The molecular formula is C12H15F7. The van der Waals surface area contributed by atoms with Gasteiger partial charge in [-0.2, -0.15) is 26.3 Å². The first-order valence-electron chi connectivity index (χ1n) is 5.75. The molecule has 1 atom stereocenters. The Morgan fingerprint density at radius 1 is 1.00 bits per heavy atom. The normalized spacial score (nSPS) is 25.2. The Morgan fingerprint density at radius 2 is 1.42 bits per heavy atom. The molecule has 0 aromatic carbocycles. The smallest absolute Gasteiger partial charge is 0.219 e.